The first-order valence-corrected chi connectivity index (χ1v) is 5.52. The molecule has 2 aromatic heterocycles. The van der Waals surface area contributed by atoms with Crippen LogP contribution in [-0.4, -0.2) is 14.6 Å². The molecule has 0 bridgehead atoms. The van der Waals surface area contributed by atoms with Gasteiger partial charge in [0.05, 0.1) is 5.56 Å². The fraction of sp³-hybridized carbons (Fsp3) is 0.0769. The van der Waals surface area contributed by atoms with Crippen molar-refractivity contribution in [1.29, 1.82) is 0 Å². The monoisotopic (exact) mass is 242 g/mol. The molecule has 0 unspecified atom stereocenters. The second kappa shape index (κ2) is 3.80. The molecule has 0 saturated carbocycles. The van der Waals surface area contributed by atoms with Gasteiger partial charge in [0.25, 0.3) is 0 Å². The van der Waals surface area contributed by atoms with Crippen LogP contribution >= 0.6 is 0 Å². The number of aromatic nitrogens is 3. The number of halogens is 1. The largest absolute Gasteiger partial charge is 0.398 e. The van der Waals surface area contributed by atoms with Crippen LogP contribution in [0.1, 0.15) is 5.56 Å². The summed E-state index contributed by atoms with van der Waals surface area (Å²) in [5.74, 6) is 0.135. The first-order valence-electron chi connectivity index (χ1n) is 5.52. The van der Waals surface area contributed by atoms with E-state index in [1.165, 1.54) is 6.07 Å². The molecule has 90 valence electrons. The van der Waals surface area contributed by atoms with Crippen molar-refractivity contribution in [3.05, 3.63) is 47.9 Å². The highest BCUT2D eigenvalue weighted by molar-refractivity contribution is 5.62. The van der Waals surface area contributed by atoms with Crippen LogP contribution in [0.2, 0.25) is 0 Å². The summed E-state index contributed by atoms with van der Waals surface area (Å²) < 4.78 is 15.5. The van der Waals surface area contributed by atoms with E-state index in [-0.39, 0.29) is 5.82 Å². The molecule has 5 heteroatoms. The van der Waals surface area contributed by atoms with Crippen LogP contribution in [0.5, 0.6) is 0 Å². The standard InChI is InChI=1S/C13H11FN4/c1-8-2-4-11(14)10(6-8)13-17-16-12-5-3-9(15)7-18(12)13/h2-7H,15H2,1H3. The van der Waals surface area contributed by atoms with E-state index in [9.17, 15) is 4.39 Å². The minimum atomic E-state index is -0.322. The maximum absolute atomic E-state index is 13.8. The maximum atomic E-state index is 13.8. The maximum Gasteiger partial charge on any atom is 0.171 e. The van der Waals surface area contributed by atoms with Gasteiger partial charge in [0.2, 0.25) is 0 Å². The van der Waals surface area contributed by atoms with Gasteiger partial charge in [0.1, 0.15) is 5.82 Å². The van der Waals surface area contributed by atoms with Gasteiger partial charge in [-0.1, -0.05) is 11.6 Å². The average Bonchev–Trinajstić information content (AvgIpc) is 2.75. The molecule has 0 spiro atoms. The zero-order valence-corrected chi connectivity index (χ0v) is 9.76. The third-order valence-corrected chi connectivity index (χ3v) is 2.79. The lowest BCUT2D eigenvalue weighted by atomic mass is 10.1. The van der Waals surface area contributed by atoms with E-state index >= 15 is 0 Å². The number of anilines is 1. The lowest BCUT2D eigenvalue weighted by Crippen LogP contribution is -1.95. The number of nitrogen functional groups attached to an aromatic ring is 1. The summed E-state index contributed by atoms with van der Waals surface area (Å²) in [5.41, 5.74) is 8.34. The van der Waals surface area contributed by atoms with Crippen molar-refractivity contribution < 1.29 is 4.39 Å². The van der Waals surface area contributed by atoms with Crippen molar-refractivity contribution in [3.8, 4) is 11.4 Å². The molecule has 0 saturated heterocycles. The SMILES string of the molecule is Cc1ccc(F)c(-c2nnc3ccc(N)cn23)c1. The fourth-order valence-electron chi connectivity index (χ4n) is 1.90. The second-order valence-corrected chi connectivity index (χ2v) is 4.20. The predicted octanol–water partition coefficient (Wildman–Crippen LogP) is 2.43. The van der Waals surface area contributed by atoms with E-state index in [1.54, 1.807) is 34.9 Å². The highest BCUT2D eigenvalue weighted by Gasteiger charge is 2.12. The van der Waals surface area contributed by atoms with Crippen LogP contribution in [0, 0.1) is 12.7 Å². The van der Waals surface area contributed by atoms with E-state index in [4.69, 9.17) is 5.73 Å². The minimum absolute atomic E-state index is 0.322. The van der Waals surface area contributed by atoms with Crippen LogP contribution in [0.3, 0.4) is 0 Å². The molecule has 0 atom stereocenters. The fourth-order valence-corrected chi connectivity index (χ4v) is 1.90. The molecule has 0 aliphatic rings. The third-order valence-electron chi connectivity index (χ3n) is 2.79. The lowest BCUT2D eigenvalue weighted by molar-refractivity contribution is 0.629. The Bertz CT molecular complexity index is 733. The summed E-state index contributed by atoms with van der Waals surface area (Å²) in [6.45, 7) is 1.90. The topological polar surface area (TPSA) is 56.2 Å². The van der Waals surface area contributed by atoms with Crippen LogP contribution in [0.15, 0.2) is 36.5 Å². The normalized spacial score (nSPS) is 11.0. The predicted molar refractivity (Wildman–Crippen MR) is 67.5 cm³/mol. The number of fused-ring (bicyclic) bond motifs is 1. The molecule has 1 aromatic carbocycles. The smallest absolute Gasteiger partial charge is 0.171 e. The summed E-state index contributed by atoms with van der Waals surface area (Å²) in [7, 11) is 0. The summed E-state index contributed by atoms with van der Waals surface area (Å²) >= 11 is 0. The van der Waals surface area contributed by atoms with Crippen molar-refractivity contribution in [2.75, 3.05) is 5.73 Å². The molecular formula is C13H11FN4. The van der Waals surface area contributed by atoms with Crippen molar-refractivity contribution >= 4 is 11.3 Å². The van der Waals surface area contributed by atoms with Gasteiger partial charge in [-0.3, -0.25) is 4.40 Å². The Morgan fingerprint density at radius 1 is 1.17 bits per heavy atom. The Balaban J connectivity index is 2.31. The third kappa shape index (κ3) is 1.60. The van der Waals surface area contributed by atoms with Gasteiger partial charge in [-0.2, -0.15) is 0 Å². The van der Waals surface area contributed by atoms with Crippen LogP contribution in [-0.2, 0) is 0 Å². The minimum Gasteiger partial charge on any atom is -0.398 e. The summed E-state index contributed by atoms with van der Waals surface area (Å²) in [6.07, 6.45) is 1.69. The molecule has 0 radical (unpaired) electrons. The molecule has 18 heavy (non-hydrogen) atoms. The Morgan fingerprint density at radius 3 is 2.83 bits per heavy atom. The van der Waals surface area contributed by atoms with Gasteiger partial charge in [-0.15, -0.1) is 10.2 Å². The van der Waals surface area contributed by atoms with Crippen molar-refractivity contribution in [2.24, 2.45) is 0 Å². The molecule has 3 rings (SSSR count). The number of nitrogens with zero attached hydrogens (tertiary/aromatic N) is 3. The number of pyridine rings is 1. The average molecular weight is 242 g/mol. The van der Waals surface area contributed by atoms with Crippen LogP contribution < -0.4 is 5.73 Å². The number of benzene rings is 1. The molecule has 0 fully saturated rings. The highest BCUT2D eigenvalue weighted by Crippen LogP contribution is 2.23. The molecule has 0 amide bonds. The molecule has 3 aromatic rings. The van der Waals surface area contributed by atoms with E-state index in [0.717, 1.165) is 5.56 Å². The number of hydrogen-bond acceptors (Lipinski definition) is 3. The van der Waals surface area contributed by atoms with E-state index in [1.807, 2.05) is 6.92 Å². The zero-order chi connectivity index (χ0) is 12.7. The quantitative estimate of drug-likeness (QED) is 0.713. The van der Waals surface area contributed by atoms with E-state index in [0.29, 0.717) is 22.7 Å². The van der Waals surface area contributed by atoms with Crippen LogP contribution in [0.25, 0.3) is 17.0 Å². The Hall–Kier alpha value is -2.43. The number of aryl methyl sites for hydroxylation is 1. The van der Waals surface area contributed by atoms with Gasteiger partial charge in [0.15, 0.2) is 11.5 Å². The second-order valence-electron chi connectivity index (χ2n) is 4.20. The molecule has 0 aliphatic heterocycles. The van der Waals surface area contributed by atoms with Crippen molar-refractivity contribution in [1.82, 2.24) is 14.6 Å². The Morgan fingerprint density at radius 2 is 2.00 bits per heavy atom. The number of nitrogens with two attached hydrogens (primary N) is 1. The Kier molecular flexibility index (Phi) is 2.26. The van der Waals surface area contributed by atoms with Crippen molar-refractivity contribution in [3.63, 3.8) is 0 Å². The van der Waals surface area contributed by atoms with Crippen molar-refractivity contribution in [2.45, 2.75) is 6.92 Å². The molecule has 2 heterocycles. The van der Waals surface area contributed by atoms with Gasteiger partial charge in [-0.25, -0.2) is 4.39 Å². The molecule has 0 aliphatic carbocycles. The first kappa shape index (κ1) is 10.7. The van der Waals surface area contributed by atoms with Gasteiger partial charge < -0.3 is 5.73 Å². The molecular weight excluding hydrogens is 231 g/mol. The van der Waals surface area contributed by atoms with E-state index < -0.39 is 0 Å². The lowest BCUT2D eigenvalue weighted by Gasteiger charge is -2.03. The molecule has 2 N–H and O–H groups in total. The van der Waals surface area contributed by atoms with Crippen LogP contribution in [0.4, 0.5) is 10.1 Å². The number of rotatable bonds is 1. The Labute approximate surface area is 103 Å². The summed E-state index contributed by atoms with van der Waals surface area (Å²) in [5, 5.41) is 8.02. The summed E-state index contributed by atoms with van der Waals surface area (Å²) in [6, 6.07) is 8.38. The zero-order valence-electron chi connectivity index (χ0n) is 9.76. The summed E-state index contributed by atoms with van der Waals surface area (Å²) in [4.78, 5) is 0. The highest BCUT2D eigenvalue weighted by atomic mass is 19.1. The van der Waals surface area contributed by atoms with Gasteiger partial charge >= 0.3 is 0 Å². The number of hydrogen-bond donors (Lipinski definition) is 1. The molecule has 4 nitrogen and oxygen atoms in total. The van der Waals surface area contributed by atoms with Gasteiger partial charge in [0, 0.05) is 11.9 Å². The van der Waals surface area contributed by atoms with Gasteiger partial charge in [-0.05, 0) is 31.2 Å². The first-order chi connectivity index (χ1) is 8.65. The van der Waals surface area contributed by atoms with E-state index in [2.05, 4.69) is 10.2 Å².